The minimum Gasteiger partial charge on any atom is -0.356 e. The number of benzene rings is 1. The third-order valence-electron chi connectivity index (χ3n) is 5.09. The largest absolute Gasteiger partial charge is 0.356 e. The van der Waals surface area contributed by atoms with Crippen LogP contribution in [0.4, 0.5) is 4.79 Å². The smallest absolute Gasteiger partial charge is 0.315 e. The predicted molar refractivity (Wildman–Crippen MR) is 93.6 cm³/mol. The van der Waals surface area contributed by atoms with Gasteiger partial charge < -0.3 is 16.0 Å². The average Bonchev–Trinajstić information content (AvgIpc) is 2.53. The van der Waals surface area contributed by atoms with E-state index in [0.29, 0.717) is 13.1 Å². The van der Waals surface area contributed by atoms with Gasteiger partial charge in [0, 0.05) is 19.0 Å². The van der Waals surface area contributed by atoms with Gasteiger partial charge >= 0.3 is 6.03 Å². The molecule has 3 amide bonds. The molecule has 1 fully saturated rings. The number of aryl methyl sites for hydroxylation is 1. The lowest BCUT2D eigenvalue weighted by Gasteiger charge is -2.26. The summed E-state index contributed by atoms with van der Waals surface area (Å²) in [4.78, 5) is 23.8. The molecule has 0 bridgehead atoms. The second kappa shape index (κ2) is 8.18. The van der Waals surface area contributed by atoms with Gasteiger partial charge in [0.25, 0.3) is 0 Å². The monoisotopic (exact) mass is 329 g/mol. The van der Waals surface area contributed by atoms with E-state index in [2.05, 4.69) is 34.1 Å². The van der Waals surface area contributed by atoms with Crippen LogP contribution in [0, 0.1) is 5.92 Å². The highest BCUT2D eigenvalue weighted by atomic mass is 16.2. The van der Waals surface area contributed by atoms with Gasteiger partial charge in [-0.05, 0) is 49.7 Å². The maximum Gasteiger partial charge on any atom is 0.315 e. The molecule has 0 heterocycles. The van der Waals surface area contributed by atoms with E-state index >= 15 is 0 Å². The van der Waals surface area contributed by atoms with Crippen LogP contribution in [0.1, 0.15) is 55.7 Å². The van der Waals surface area contributed by atoms with Crippen LogP contribution in [0.2, 0.25) is 0 Å². The van der Waals surface area contributed by atoms with Gasteiger partial charge in [0.1, 0.15) is 0 Å². The molecule has 130 valence electrons. The Hall–Kier alpha value is -2.04. The van der Waals surface area contributed by atoms with Crippen LogP contribution < -0.4 is 16.0 Å². The van der Waals surface area contributed by atoms with E-state index in [1.54, 1.807) is 0 Å². The number of hydrogen-bond acceptors (Lipinski definition) is 2. The van der Waals surface area contributed by atoms with Crippen LogP contribution in [-0.2, 0) is 11.2 Å². The summed E-state index contributed by atoms with van der Waals surface area (Å²) in [5, 5.41) is 8.91. The Kier molecular flexibility index (Phi) is 5.72. The number of carbonyl (C=O) groups is 2. The fourth-order valence-electron chi connectivity index (χ4n) is 3.43. The molecular formula is C19H27N3O2. The van der Waals surface area contributed by atoms with Crippen molar-refractivity contribution < 1.29 is 9.59 Å². The SMILES string of the molecule is O=C(NCCCNC(=O)C1CCC1)N[C@@H]1CCCc2ccccc21. The first-order chi connectivity index (χ1) is 11.7. The Morgan fingerprint density at radius 1 is 1.00 bits per heavy atom. The van der Waals surface area contributed by atoms with Crippen LogP contribution >= 0.6 is 0 Å². The van der Waals surface area contributed by atoms with Gasteiger partial charge in [-0.3, -0.25) is 4.79 Å². The Labute approximate surface area is 143 Å². The van der Waals surface area contributed by atoms with Crippen LogP contribution in [0.3, 0.4) is 0 Å². The zero-order chi connectivity index (χ0) is 16.8. The lowest BCUT2D eigenvalue weighted by Crippen LogP contribution is -2.40. The lowest BCUT2D eigenvalue weighted by molar-refractivity contribution is -0.127. The van der Waals surface area contributed by atoms with Crippen molar-refractivity contribution in [1.29, 1.82) is 0 Å². The molecule has 5 nitrogen and oxygen atoms in total. The molecule has 1 aromatic carbocycles. The Bertz CT molecular complexity index is 584. The molecule has 0 spiro atoms. The topological polar surface area (TPSA) is 70.2 Å². The molecule has 5 heteroatoms. The van der Waals surface area contributed by atoms with E-state index in [-0.39, 0.29) is 23.9 Å². The normalized spacial score (nSPS) is 19.8. The fraction of sp³-hybridized carbons (Fsp3) is 0.579. The van der Waals surface area contributed by atoms with Gasteiger partial charge in [0.15, 0.2) is 0 Å². The van der Waals surface area contributed by atoms with Crippen molar-refractivity contribution in [3.63, 3.8) is 0 Å². The molecule has 0 aromatic heterocycles. The van der Waals surface area contributed by atoms with Crippen LogP contribution in [0.15, 0.2) is 24.3 Å². The number of fused-ring (bicyclic) bond motifs is 1. The summed E-state index contributed by atoms with van der Waals surface area (Å²) in [6.07, 6.45) is 7.16. The third-order valence-corrected chi connectivity index (χ3v) is 5.09. The van der Waals surface area contributed by atoms with Crippen molar-refractivity contribution in [3.05, 3.63) is 35.4 Å². The summed E-state index contributed by atoms with van der Waals surface area (Å²) in [7, 11) is 0. The van der Waals surface area contributed by atoms with E-state index in [9.17, 15) is 9.59 Å². The number of hydrogen-bond donors (Lipinski definition) is 3. The highest BCUT2D eigenvalue weighted by Crippen LogP contribution is 2.29. The van der Waals surface area contributed by atoms with E-state index in [0.717, 1.165) is 38.5 Å². The second-order valence-corrected chi connectivity index (χ2v) is 6.82. The minimum absolute atomic E-state index is 0.105. The molecular weight excluding hydrogens is 302 g/mol. The Balaban J connectivity index is 1.34. The first-order valence-corrected chi connectivity index (χ1v) is 9.14. The van der Waals surface area contributed by atoms with Gasteiger partial charge in [-0.15, -0.1) is 0 Å². The standard InChI is InChI=1S/C19H27N3O2/c23-18(15-8-3-9-15)20-12-5-13-21-19(24)22-17-11-4-7-14-6-1-2-10-16(14)17/h1-2,6,10,15,17H,3-5,7-9,11-13H2,(H,20,23)(H2,21,22,24)/t17-/m1/s1. The van der Waals surface area contributed by atoms with Crippen molar-refractivity contribution in [2.45, 2.75) is 51.0 Å². The molecule has 0 aliphatic heterocycles. The summed E-state index contributed by atoms with van der Waals surface area (Å²) in [5.74, 6) is 0.400. The Morgan fingerprint density at radius 3 is 2.58 bits per heavy atom. The van der Waals surface area contributed by atoms with Crippen LogP contribution in [0.5, 0.6) is 0 Å². The molecule has 1 saturated carbocycles. The minimum atomic E-state index is -0.123. The summed E-state index contributed by atoms with van der Waals surface area (Å²) in [6.45, 7) is 1.20. The molecule has 2 aliphatic rings. The number of rotatable bonds is 6. The lowest BCUT2D eigenvalue weighted by atomic mass is 9.85. The summed E-state index contributed by atoms with van der Waals surface area (Å²) < 4.78 is 0. The molecule has 0 saturated heterocycles. The van der Waals surface area contributed by atoms with Gasteiger partial charge in [-0.25, -0.2) is 4.79 Å². The number of amides is 3. The van der Waals surface area contributed by atoms with Crippen molar-refractivity contribution in [3.8, 4) is 0 Å². The molecule has 3 rings (SSSR count). The summed E-state index contributed by atoms with van der Waals surface area (Å²) in [5.41, 5.74) is 2.58. The molecule has 3 N–H and O–H groups in total. The number of urea groups is 1. The van der Waals surface area contributed by atoms with Crippen molar-refractivity contribution in [2.24, 2.45) is 5.92 Å². The quantitative estimate of drug-likeness (QED) is 0.702. The zero-order valence-electron chi connectivity index (χ0n) is 14.1. The maximum atomic E-state index is 12.1. The van der Waals surface area contributed by atoms with Crippen LogP contribution in [-0.4, -0.2) is 25.0 Å². The summed E-state index contributed by atoms with van der Waals surface area (Å²) in [6, 6.07) is 8.32. The molecule has 24 heavy (non-hydrogen) atoms. The van der Waals surface area contributed by atoms with Gasteiger partial charge in [0.05, 0.1) is 6.04 Å². The summed E-state index contributed by atoms with van der Waals surface area (Å²) >= 11 is 0. The van der Waals surface area contributed by atoms with E-state index in [4.69, 9.17) is 0 Å². The zero-order valence-corrected chi connectivity index (χ0v) is 14.1. The van der Waals surface area contributed by atoms with E-state index in [1.165, 1.54) is 17.5 Å². The van der Waals surface area contributed by atoms with E-state index < -0.39 is 0 Å². The van der Waals surface area contributed by atoms with Crippen molar-refractivity contribution >= 4 is 11.9 Å². The first kappa shape index (κ1) is 16.8. The van der Waals surface area contributed by atoms with Crippen molar-refractivity contribution in [2.75, 3.05) is 13.1 Å². The van der Waals surface area contributed by atoms with Gasteiger partial charge in [-0.1, -0.05) is 30.7 Å². The van der Waals surface area contributed by atoms with Gasteiger partial charge in [0.2, 0.25) is 5.91 Å². The van der Waals surface area contributed by atoms with Crippen LogP contribution in [0.25, 0.3) is 0 Å². The number of carbonyl (C=O) groups excluding carboxylic acids is 2. The Morgan fingerprint density at radius 2 is 1.79 bits per heavy atom. The fourth-order valence-corrected chi connectivity index (χ4v) is 3.43. The maximum absolute atomic E-state index is 12.1. The van der Waals surface area contributed by atoms with Gasteiger partial charge in [-0.2, -0.15) is 0 Å². The highest BCUT2D eigenvalue weighted by molar-refractivity contribution is 5.79. The molecule has 1 atom stereocenters. The molecule has 2 aliphatic carbocycles. The van der Waals surface area contributed by atoms with E-state index in [1.807, 2.05) is 6.07 Å². The number of nitrogens with one attached hydrogen (secondary N) is 3. The third kappa shape index (κ3) is 4.28. The first-order valence-electron chi connectivity index (χ1n) is 9.14. The predicted octanol–water partition coefficient (Wildman–Crippen LogP) is 2.67. The average molecular weight is 329 g/mol. The molecule has 0 unspecified atom stereocenters. The second-order valence-electron chi connectivity index (χ2n) is 6.82. The van der Waals surface area contributed by atoms with Crippen molar-refractivity contribution in [1.82, 2.24) is 16.0 Å². The molecule has 0 radical (unpaired) electrons. The molecule has 1 aromatic rings. The highest BCUT2D eigenvalue weighted by Gasteiger charge is 2.24.